The molecular weight excluding hydrogens is 434 g/mol. The zero-order chi connectivity index (χ0) is 20.8. The van der Waals surface area contributed by atoms with E-state index in [2.05, 4.69) is 24.1 Å². The largest absolute Gasteiger partial charge is 0.331 e. The van der Waals surface area contributed by atoms with Crippen LogP contribution in [0, 0.1) is 11.6 Å². The molecule has 164 valence electrons. The number of anilines is 3. The smallest absolute Gasteiger partial charge is 0.309 e. The number of benzene rings is 2. The number of hydrogen-bond donors (Lipinski definition) is 1. The first-order chi connectivity index (χ1) is 13.8. The van der Waals surface area contributed by atoms with Crippen molar-refractivity contribution in [2.75, 3.05) is 34.8 Å². The number of hydrogen-bond acceptors (Lipinski definition) is 4. The average Bonchev–Trinajstić information content (AvgIpc) is 2.86. The molecule has 2 heterocycles. The molecule has 2 aromatic carbocycles. The molecule has 4 rings (SSSR count). The van der Waals surface area contributed by atoms with Crippen LogP contribution in [0.1, 0.15) is 13.8 Å². The molecule has 0 aromatic heterocycles. The second-order valence-electron chi connectivity index (χ2n) is 7.66. The Labute approximate surface area is 182 Å². The van der Waals surface area contributed by atoms with Gasteiger partial charge in [0.05, 0.1) is 17.1 Å². The Kier molecular flexibility index (Phi) is 6.57. The van der Waals surface area contributed by atoms with Crippen molar-refractivity contribution in [1.82, 2.24) is 10.2 Å². The van der Waals surface area contributed by atoms with Crippen LogP contribution in [0.15, 0.2) is 42.5 Å². The van der Waals surface area contributed by atoms with Gasteiger partial charge in [0.2, 0.25) is 0 Å². The lowest BCUT2D eigenvalue weighted by Gasteiger charge is -2.36. The average molecular weight is 459 g/mol. The quantitative estimate of drug-likeness (QED) is 0.764. The van der Waals surface area contributed by atoms with Crippen LogP contribution in [0.3, 0.4) is 0 Å². The third-order valence-corrected chi connectivity index (χ3v) is 7.05. The summed E-state index contributed by atoms with van der Waals surface area (Å²) in [5.41, 5.74) is 0.665. The van der Waals surface area contributed by atoms with Crippen molar-refractivity contribution in [1.29, 1.82) is 0 Å². The summed E-state index contributed by atoms with van der Waals surface area (Å²) in [6, 6.07) is 10.3. The maximum Gasteiger partial charge on any atom is 0.331 e. The standard InChI is InChI=1S/C20H24F2N4O2S.ClH/c1-14-12-24(13-15(2)23-14)9-10-25-19-5-3-4-6-20(19)26(29(25,27)28)18-8-7-16(21)11-17(18)22;/h3-8,11,14-15,23H,9-10,12-13H2,1-2H3;1H. The van der Waals surface area contributed by atoms with Crippen molar-refractivity contribution < 1.29 is 17.2 Å². The Bertz CT molecular complexity index is 1010. The number of rotatable bonds is 4. The zero-order valence-electron chi connectivity index (χ0n) is 16.8. The summed E-state index contributed by atoms with van der Waals surface area (Å²) in [6.45, 7) is 6.67. The second kappa shape index (κ2) is 8.66. The molecule has 1 N–H and O–H groups in total. The van der Waals surface area contributed by atoms with Crippen LogP contribution < -0.4 is 13.9 Å². The number of para-hydroxylation sites is 2. The van der Waals surface area contributed by atoms with Crippen molar-refractivity contribution in [3.8, 4) is 0 Å². The van der Waals surface area contributed by atoms with Crippen molar-refractivity contribution >= 4 is 39.7 Å². The van der Waals surface area contributed by atoms with Gasteiger partial charge in [0.25, 0.3) is 0 Å². The maximum atomic E-state index is 14.4. The Morgan fingerprint density at radius 2 is 1.60 bits per heavy atom. The summed E-state index contributed by atoms with van der Waals surface area (Å²) >= 11 is 0. The third kappa shape index (κ3) is 4.12. The van der Waals surface area contributed by atoms with Crippen LogP contribution in [0.25, 0.3) is 0 Å². The highest BCUT2D eigenvalue weighted by molar-refractivity contribution is 7.95. The Balaban J connectivity index is 0.00000256. The molecule has 0 radical (unpaired) electrons. The van der Waals surface area contributed by atoms with Gasteiger partial charge in [0.1, 0.15) is 5.82 Å². The third-order valence-electron chi connectivity index (χ3n) is 5.26. The maximum absolute atomic E-state index is 14.4. The van der Waals surface area contributed by atoms with Crippen molar-refractivity contribution in [2.45, 2.75) is 25.9 Å². The number of fused-ring (bicyclic) bond motifs is 1. The second-order valence-corrected chi connectivity index (χ2v) is 9.36. The highest BCUT2D eigenvalue weighted by atomic mass is 35.5. The SMILES string of the molecule is CC1CN(CCN2c3ccccc3N(c3ccc(F)cc3F)S2(=O)=O)CC(C)N1.Cl. The lowest BCUT2D eigenvalue weighted by Crippen LogP contribution is -2.55. The summed E-state index contributed by atoms with van der Waals surface area (Å²) < 4.78 is 56.8. The summed E-state index contributed by atoms with van der Waals surface area (Å²) in [5, 5.41) is 3.45. The van der Waals surface area contributed by atoms with Gasteiger partial charge in [0, 0.05) is 44.3 Å². The van der Waals surface area contributed by atoms with Crippen LogP contribution in [0.5, 0.6) is 0 Å². The van der Waals surface area contributed by atoms with E-state index in [4.69, 9.17) is 0 Å². The first-order valence-electron chi connectivity index (χ1n) is 9.63. The molecule has 2 atom stereocenters. The molecular formula is C20H25ClF2N4O2S. The van der Waals surface area contributed by atoms with E-state index in [0.717, 1.165) is 29.5 Å². The lowest BCUT2D eigenvalue weighted by atomic mass is 10.1. The van der Waals surface area contributed by atoms with Crippen LogP contribution in [-0.2, 0) is 10.2 Å². The summed E-state index contributed by atoms with van der Waals surface area (Å²) in [4.78, 5) is 2.23. The zero-order valence-corrected chi connectivity index (χ0v) is 18.4. The predicted molar refractivity (Wildman–Crippen MR) is 117 cm³/mol. The fraction of sp³-hybridized carbons (Fsp3) is 0.400. The number of nitrogens with one attached hydrogen (secondary N) is 1. The predicted octanol–water partition coefficient (Wildman–Crippen LogP) is 3.27. The van der Waals surface area contributed by atoms with E-state index in [1.54, 1.807) is 24.3 Å². The molecule has 30 heavy (non-hydrogen) atoms. The number of halogens is 3. The number of piperazine rings is 1. The lowest BCUT2D eigenvalue weighted by molar-refractivity contribution is 0.178. The molecule has 2 aliphatic heterocycles. The minimum atomic E-state index is -4.04. The van der Waals surface area contributed by atoms with Crippen LogP contribution in [0.4, 0.5) is 25.8 Å². The molecule has 1 saturated heterocycles. The van der Waals surface area contributed by atoms with E-state index in [1.807, 2.05) is 0 Å². The van der Waals surface area contributed by atoms with Gasteiger partial charge in [0.15, 0.2) is 5.82 Å². The van der Waals surface area contributed by atoms with Gasteiger partial charge in [-0.15, -0.1) is 12.4 Å². The molecule has 0 aliphatic carbocycles. The van der Waals surface area contributed by atoms with Gasteiger partial charge < -0.3 is 5.32 Å². The van der Waals surface area contributed by atoms with E-state index >= 15 is 0 Å². The van der Waals surface area contributed by atoms with Gasteiger partial charge in [-0.2, -0.15) is 8.42 Å². The topological polar surface area (TPSA) is 55.9 Å². The Morgan fingerprint density at radius 3 is 2.23 bits per heavy atom. The minimum Gasteiger partial charge on any atom is -0.309 e. The number of nitrogens with zero attached hydrogens (tertiary/aromatic N) is 3. The van der Waals surface area contributed by atoms with Crippen LogP contribution >= 0.6 is 12.4 Å². The molecule has 6 nitrogen and oxygen atoms in total. The fourth-order valence-electron chi connectivity index (χ4n) is 4.18. The highest BCUT2D eigenvalue weighted by Crippen LogP contribution is 2.45. The van der Waals surface area contributed by atoms with Gasteiger partial charge >= 0.3 is 10.2 Å². The first-order valence-corrected chi connectivity index (χ1v) is 11.0. The Morgan fingerprint density at radius 1 is 0.967 bits per heavy atom. The van der Waals surface area contributed by atoms with Crippen molar-refractivity contribution in [3.63, 3.8) is 0 Å². The normalized spacial score (nSPS) is 23.2. The molecule has 0 saturated carbocycles. The molecule has 2 unspecified atom stereocenters. The van der Waals surface area contributed by atoms with Crippen molar-refractivity contribution in [3.05, 3.63) is 54.1 Å². The van der Waals surface area contributed by atoms with Gasteiger partial charge in [-0.05, 0) is 38.1 Å². The van der Waals surface area contributed by atoms with Crippen LogP contribution in [-0.4, -0.2) is 51.6 Å². The summed E-state index contributed by atoms with van der Waals surface area (Å²) in [6.07, 6.45) is 0. The van der Waals surface area contributed by atoms with Crippen LogP contribution in [0.2, 0.25) is 0 Å². The molecule has 2 aliphatic rings. The van der Waals surface area contributed by atoms with Gasteiger partial charge in [-0.1, -0.05) is 12.1 Å². The van der Waals surface area contributed by atoms with E-state index < -0.39 is 21.8 Å². The monoisotopic (exact) mass is 458 g/mol. The van der Waals surface area contributed by atoms with E-state index in [-0.39, 0.29) is 24.6 Å². The van der Waals surface area contributed by atoms with E-state index in [9.17, 15) is 17.2 Å². The highest BCUT2D eigenvalue weighted by Gasteiger charge is 2.42. The van der Waals surface area contributed by atoms with E-state index in [0.29, 0.717) is 36.1 Å². The molecule has 0 amide bonds. The molecule has 0 spiro atoms. The first kappa shape index (κ1) is 22.7. The molecule has 0 bridgehead atoms. The fourth-order valence-corrected chi connectivity index (χ4v) is 5.90. The summed E-state index contributed by atoms with van der Waals surface area (Å²) in [7, 11) is -4.04. The molecule has 1 fully saturated rings. The van der Waals surface area contributed by atoms with Gasteiger partial charge in [-0.3, -0.25) is 4.90 Å². The van der Waals surface area contributed by atoms with Gasteiger partial charge in [-0.25, -0.2) is 17.4 Å². The summed E-state index contributed by atoms with van der Waals surface area (Å²) in [5.74, 6) is -1.68. The Hall–Kier alpha value is -1.94. The van der Waals surface area contributed by atoms with Crippen molar-refractivity contribution in [2.24, 2.45) is 0 Å². The molecule has 10 heteroatoms. The molecule has 2 aromatic rings. The minimum absolute atomic E-state index is 0. The van der Waals surface area contributed by atoms with E-state index in [1.165, 1.54) is 4.31 Å².